The average molecular weight is 264 g/mol. The fourth-order valence-electron chi connectivity index (χ4n) is 1.23. The van der Waals surface area contributed by atoms with E-state index in [1.54, 1.807) is 16.7 Å². The Morgan fingerprint density at radius 1 is 1.64 bits per heavy atom. The van der Waals surface area contributed by atoms with Crippen molar-refractivity contribution < 1.29 is 42.6 Å². The topological polar surface area (TPSA) is 54.6 Å². The van der Waals surface area contributed by atoms with Crippen molar-refractivity contribution in [1.29, 1.82) is 0 Å². The van der Waals surface area contributed by atoms with Crippen LogP contribution < -0.4 is 0 Å². The molecule has 2 heterocycles. The summed E-state index contributed by atoms with van der Waals surface area (Å²) >= 11 is 0. The van der Waals surface area contributed by atoms with Crippen LogP contribution >= 0.6 is 0 Å². The van der Waals surface area contributed by atoms with Crippen molar-refractivity contribution in [2.75, 3.05) is 0 Å². The van der Waals surface area contributed by atoms with Crippen molar-refractivity contribution in [2.45, 2.75) is 6.92 Å². The molecule has 0 aliphatic heterocycles. The molecule has 69 valence electrons. The first-order valence-corrected chi connectivity index (χ1v) is 3.78. The first kappa shape index (κ1) is 11.3. The molecule has 14 heavy (non-hydrogen) atoms. The third kappa shape index (κ3) is 1.72. The largest absolute Gasteiger partial charge is 0.479 e. The van der Waals surface area contributed by atoms with E-state index < -0.39 is 5.97 Å². The predicted octanol–water partition coefficient (Wildman–Crippen LogP) is 1.14. The van der Waals surface area contributed by atoms with E-state index in [4.69, 9.17) is 5.11 Å². The summed E-state index contributed by atoms with van der Waals surface area (Å²) in [6, 6.07) is 3.06. The van der Waals surface area contributed by atoms with Gasteiger partial charge in [-0.1, -0.05) is 13.1 Å². The smallest absolute Gasteiger partial charge is 0.320 e. The van der Waals surface area contributed by atoms with Crippen LogP contribution in [-0.2, 0) is 32.7 Å². The molecule has 0 aliphatic rings. The molecule has 0 fully saturated rings. The van der Waals surface area contributed by atoms with Gasteiger partial charge in [-0.05, 0) is 11.9 Å². The molecule has 1 radical (unpaired) electrons. The van der Waals surface area contributed by atoms with Gasteiger partial charge in [0, 0.05) is 38.3 Å². The molecule has 2 aromatic rings. The van der Waals surface area contributed by atoms with Gasteiger partial charge in [0.25, 0.3) is 0 Å². The summed E-state index contributed by atoms with van der Waals surface area (Å²) < 4.78 is 1.63. The minimum atomic E-state index is -0.968. The number of hydrogen-bond acceptors (Lipinski definition) is 2. The monoisotopic (exact) mass is 264 g/mol. The molecule has 0 aromatic carbocycles. The Kier molecular flexibility index (Phi) is 3.40. The maximum Gasteiger partial charge on any atom is 0.320 e. The third-order valence-electron chi connectivity index (χ3n) is 1.86. The number of aromatic carboxylic acids is 1. The Morgan fingerprint density at radius 3 is 3.00 bits per heavy atom. The molecule has 2 aromatic heterocycles. The van der Waals surface area contributed by atoms with Crippen molar-refractivity contribution in [2.24, 2.45) is 0 Å². The van der Waals surface area contributed by atoms with Crippen LogP contribution in [0, 0.1) is 13.1 Å². The number of carbonyl (C=O) groups is 1. The van der Waals surface area contributed by atoms with Crippen molar-refractivity contribution in [1.82, 2.24) is 9.38 Å². The fourth-order valence-corrected chi connectivity index (χ4v) is 1.23. The second-order valence-corrected chi connectivity index (χ2v) is 2.74. The number of pyridine rings is 1. The molecular formula is C9H7N2O2Y-. The minimum absolute atomic E-state index is 0. The van der Waals surface area contributed by atoms with Gasteiger partial charge in [0.15, 0.2) is 0 Å². The van der Waals surface area contributed by atoms with Crippen LogP contribution in [0.25, 0.3) is 5.65 Å². The minimum Gasteiger partial charge on any atom is -0.479 e. The molecule has 0 unspecified atom stereocenters. The SMILES string of the molecule is Cc1cnc2c(C(=O)O)cc[c-]n12.[Y]. The number of fused-ring (bicyclic) bond motifs is 1. The van der Waals surface area contributed by atoms with Gasteiger partial charge in [-0.25, -0.2) is 4.79 Å². The molecule has 0 spiro atoms. The van der Waals surface area contributed by atoms with Crippen LogP contribution in [0.5, 0.6) is 0 Å². The normalized spacial score (nSPS) is 9.79. The second-order valence-electron chi connectivity index (χ2n) is 2.74. The molecule has 0 bridgehead atoms. The summed E-state index contributed by atoms with van der Waals surface area (Å²) in [7, 11) is 0. The number of nitrogens with zero attached hydrogens (tertiary/aromatic N) is 2. The van der Waals surface area contributed by atoms with Gasteiger partial charge in [0.05, 0.1) is 5.65 Å². The Hall–Kier alpha value is -0.736. The molecule has 1 N–H and O–H groups in total. The molecule has 2 rings (SSSR count). The Labute approximate surface area is 106 Å². The summed E-state index contributed by atoms with van der Waals surface area (Å²) in [5, 5.41) is 8.82. The van der Waals surface area contributed by atoms with Gasteiger partial charge in [-0.15, -0.1) is 12.1 Å². The van der Waals surface area contributed by atoms with E-state index in [1.807, 2.05) is 6.92 Å². The molecule has 0 saturated carbocycles. The van der Waals surface area contributed by atoms with E-state index in [9.17, 15) is 4.79 Å². The maximum atomic E-state index is 10.8. The number of carboxylic acids is 1. The molecule has 4 nitrogen and oxygen atoms in total. The Balaban J connectivity index is 0.000000980. The van der Waals surface area contributed by atoms with Crippen molar-refractivity contribution in [3.8, 4) is 0 Å². The fraction of sp³-hybridized carbons (Fsp3) is 0.111. The third-order valence-corrected chi connectivity index (χ3v) is 1.86. The standard InChI is InChI=1S/C9H7N2O2.Y/c1-6-5-10-8-7(9(12)13)3-2-4-11(6)8;/h2-3,5H,1H3,(H,12,13);/q-1;. The molecule has 0 atom stereocenters. The average Bonchev–Trinajstić information content (AvgIpc) is 2.48. The molecule has 5 heteroatoms. The molecular weight excluding hydrogens is 257 g/mol. The van der Waals surface area contributed by atoms with Gasteiger partial charge in [0.1, 0.15) is 0 Å². The van der Waals surface area contributed by atoms with Gasteiger partial charge in [0.2, 0.25) is 0 Å². The van der Waals surface area contributed by atoms with E-state index >= 15 is 0 Å². The zero-order valence-electron chi connectivity index (χ0n) is 7.56. The quantitative estimate of drug-likeness (QED) is 0.786. The number of imidazole rings is 1. The molecule has 0 saturated heterocycles. The van der Waals surface area contributed by atoms with Gasteiger partial charge >= 0.3 is 5.97 Å². The summed E-state index contributed by atoms with van der Waals surface area (Å²) in [6.07, 6.45) is 4.51. The van der Waals surface area contributed by atoms with E-state index in [0.29, 0.717) is 5.65 Å². The van der Waals surface area contributed by atoms with Crippen LogP contribution in [0.15, 0.2) is 18.3 Å². The maximum absolute atomic E-state index is 10.8. The van der Waals surface area contributed by atoms with Crippen LogP contribution in [0.4, 0.5) is 0 Å². The summed E-state index contributed by atoms with van der Waals surface area (Å²) in [6.45, 7) is 1.85. The number of carboxylic acid groups (broad SMARTS) is 1. The number of hydrogen-bond donors (Lipinski definition) is 1. The Morgan fingerprint density at radius 2 is 2.36 bits per heavy atom. The van der Waals surface area contributed by atoms with E-state index in [-0.39, 0.29) is 38.3 Å². The predicted molar refractivity (Wildman–Crippen MR) is 45.7 cm³/mol. The number of rotatable bonds is 1. The first-order valence-electron chi connectivity index (χ1n) is 3.78. The Bertz CT molecular complexity index is 479. The van der Waals surface area contributed by atoms with E-state index in [2.05, 4.69) is 11.2 Å². The number of aromatic nitrogens is 2. The van der Waals surface area contributed by atoms with E-state index in [0.717, 1.165) is 5.69 Å². The summed E-state index contributed by atoms with van der Waals surface area (Å²) in [4.78, 5) is 14.7. The second kappa shape index (κ2) is 4.19. The molecule has 0 aliphatic carbocycles. The van der Waals surface area contributed by atoms with Crippen LogP contribution in [-0.4, -0.2) is 20.5 Å². The summed E-state index contributed by atoms with van der Waals surface area (Å²) in [5.41, 5.74) is 1.51. The van der Waals surface area contributed by atoms with Gasteiger partial charge < -0.3 is 9.51 Å². The molecule has 0 amide bonds. The van der Waals surface area contributed by atoms with Crippen molar-refractivity contribution >= 4 is 11.6 Å². The van der Waals surface area contributed by atoms with Crippen LogP contribution in [0.3, 0.4) is 0 Å². The van der Waals surface area contributed by atoms with Gasteiger partial charge in [-0.3, -0.25) is 4.98 Å². The van der Waals surface area contributed by atoms with Crippen LogP contribution in [0.1, 0.15) is 16.1 Å². The van der Waals surface area contributed by atoms with Crippen molar-refractivity contribution in [3.63, 3.8) is 0 Å². The zero-order chi connectivity index (χ0) is 9.42. The summed E-state index contributed by atoms with van der Waals surface area (Å²) in [5.74, 6) is -0.968. The zero-order valence-corrected chi connectivity index (χ0v) is 10.4. The van der Waals surface area contributed by atoms with Crippen molar-refractivity contribution in [3.05, 3.63) is 35.8 Å². The first-order chi connectivity index (χ1) is 6.20. The van der Waals surface area contributed by atoms with Crippen LogP contribution in [0.2, 0.25) is 0 Å². The number of aryl methyl sites for hydroxylation is 1. The van der Waals surface area contributed by atoms with Gasteiger partial charge in [-0.2, -0.15) is 0 Å². The van der Waals surface area contributed by atoms with E-state index in [1.165, 1.54) is 6.07 Å².